The molecule has 0 bridgehead atoms. The third-order valence-electron chi connectivity index (χ3n) is 5.78. The molecule has 1 aromatic carbocycles. The molecule has 2 aromatic rings. The van der Waals surface area contributed by atoms with Crippen LogP contribution >= 0.6 is 0 Å². The van der Waals surface area contributed by atoms with E-state index < -0.39 is 17.5 Å². The van der Waals surface area contributed by atoms with Gasteiger partial charge in [-0.2, -0.15) is 0 Å². The van der Waals surface area contributed by atoms with Crippen molar-refractivity contribution in [2.45, 2.75) is 44.7 Å². The average Bonchev–Trinajstić information content (AvgIpc) is 3.23. The fourth-order valence-electron chi connectivity index (χ4n) is 4.15. The molecule has 4 rings (SSSR count). The highest BCUT2D eigenvalue weighted by Gasteiger charge is 2.55. The monoisotopic (exact) mass is 396 g/mol. The second-order valence-corrected chi connectivity index (χ2v) is 7.74. The first kappa shape index (κ1) is 19.1. The molecule has 2 atom stereocenters. The van der Waals surface area contributed by atoms with Gasteiger partial charge < -0.3 is 5.32 Å². The van der Waals surface area contributed by atoms with E-state index in [0.29, 0.717) is 13.0 Å². The van der Waals surface area contributed by atoms with Gasteiger partial charge in [-0.15, -0.1) is 5.10 Å². The standard InChI is InChI=1S/C20H24N6O3/c1-14-7-5-6-10-20(14)17(28)26(19(29)23-20)12-16(27)22-18-21-13-25(24-18)11-15-8-3-2-4-9-15/h2-4,8-9,13-14H,5-7,10-12H2,1H3,(H,23,29)(H,22,24,27)/t14-,20-/m0/s1. The van der Waals surface area contributed by atoms with Crippen LogP contribution < -0.4 is 10.6 Å². The molecule has 1 aliphatic heterocycles. The zero-order valence-electron chi connectivity index (χ0n) is 16.3. The summed E-state index contributed by atoms with van der Waals surface area (Å²) in [6.45, 7) is 2.15. The number of hydrogen-bond acceptors (Lipinski definition) is 5. The summed E-state index contributed by atoms with van der Waals surface area (Å²) >= 11 is 0. The molecule has 2 heterocycles. The minimum atomic E-state index is -0.870. The summed E-state index contributed by atoms with van der Waals surface area (Å²) in [7, 11) is 0. The highest BCUT2D eigenvalue weighted by molar-refractivity contribution is 6.10. The molecule has 9 nitrogen and oxygen atoms in total. The van der Waals surface area contributed by atoms with Crippen molar-refractivity contribution in [2.75, 3.05) is 11.9 Å². The van der Waals surface area contributed by atoms with Gasteiger partial charge in [0.2, 0.25) is 11.9 Å². The Morgan fingerprint density at radius 1 is 1.28 bits per heavy atom. The van der Waals surface area contributed by atoms with Crippen LogP contribution in [0.2, 0.25) is 0 Å². The lowest BCUT2D eigenvalue weighted by Gasteiger charge is -2.36. The van der Waals surface area contributed by atoms with Gasteiger partial charge in [-0.25, -0.2) is 14.5 Å². The van der Waals surface area contributed by atoms with E-state index in [1.165, 1.54) is 6.33 Å². The van der Waals surface area contributed by atoms with Crippen LogP contribution in [0.4, 0.5) is 10.7 Å². The van der Waals surface area contributed by atoms with Crippen LogP contribution in [0, 0.1) is 5.92 Å². The predicted molar refractivity (Wildman–Crippen MR) is 105 cm³/mol. The third kappa shape index (κ3) is 3.72. The van der Waals surface area contributed by atoms with Crippen molar-refractivity contribution < 1.29 is 14.4 Å². The van der Waals surface area contributed by atoms with Crippen molar-refractivity contribution in [2.24, 2.45) is 5.92 Å². The number of hydrogen-bond donors (Lipinski definition) is 2. The van der Waals surface area contributed by atoms with Crippen molar-refractivity contribution in [1.29, 1.82) is 0 Å². The summed E-state index contributed by atoms with van der Waals surface area (Å²) in [5, 5.41) is 9.63. The first-order valence-corrected chi connectivity index (χ1v) is 9.85. The molecule has 1 aromatic heterocycles. The first-order valence-electron chi connectivity index (χ1n) is 9.85. The SMILES string of the molecule is C[C@H]1CCCC[C@]12NC(=O)N(CC(=O)Nc1ncn(Cc3ccccc3)n1)C2=O. The van der Waals surface area contributed by atoms with Gasteiger partial charge in [-0.3, -0.25) is 19.8 Å². The van der Waals surface area contributed by atoms with Crippen LogP contribution in [0.15, 0.2) is 36.7 Å². The summed E-state index contributed by atoms with van der Waals surface area (Å²) in [6.07, 6.45) is 4.95. The molecule has 152 valence electrons. The fraction of sp³-hybridized carbons (Fsp3) is 0.450. The van der Waals surface area contributed by atoms with Crippen LogP contribution in [-0.4, -0.2) is 49.6 Å². The molecule has 1 aliphatic carbocycles. The summed E-state index contributed by atoms with van der Waals surface area (Å²) in [6, 6.07) is 9.24. The Balaban J connectivity index is 1.37. The molecular weight excluding hydrogens is 372 g/mol. The third-order valence-corrected chi connectivity index (χ3v) is 5.78. The van der Waals surface area contributed by atoms with Crippen molar-refractivity contribution in [3.8, 4) is 0 Å². The largest absolute Gasteiger partial charge is 0.325 e. The maximum Gasteiger partial charge on any atom is 0.325 e. The topological polar surface area (TPSA) is 109 Å². The fourth-order valence-corrected chi connectivity index (χ4v) is 4.15. The van der Waals surface area contributed by atoms with Crippen molar-refractivity contribution in [1.82, 2.24) is 25.0 Å². The Bertz CT molecular complexity index is 927. The van der Waals surface area contributed by atoms with Gasteiger partial charge in [0.1, 0.15) is 18.4 Å². The van der Waals surface area contributed by atoms with E-state index in [4.69, 9.17) is 0 Å². The Hall–Kier alpha value is -3.23. The number of nitrogens with zero attached hydrogens (tertiary/aromatic N) is 4. The number of urea groups is 1. The normalized spacial score (nSPS) is 24.0. The van der Waals surface area contributed by atoms with Gasteiger partial charge in [0.25, 0.3) is 5.91 Å². The van der Waals surface area contributed by atoms with Crippen LogP contribution in [0.5, 0.6) is 0 Å². The molecule has 29 heavy (non-hydrogen) atoms. The Morgan fingerprint density at radius 2 is 2.07 bits per heavy atom. The maximum absolute atomic E-state index is 12.9. The lowest BCUT2D eigenvalue weighted by molar-refractivity contribution is -0.136. The number of benzene rings is 1. The second kappa shape index (κ2) is 7.65. The number of carbonyl (C=O) groups is 3. The van der Waals surface area contributed by atoms with Crippen molar-refractivity contribution in [3.05, 3.63) is 42.2 Å². The summed E-state index contributed by atoms with van der Waals surface area (Å²) in [5.41, 5.74) is 0.187. The summed E-state index contributed by atoms with van der Waals surface area (Å²) in [5.74, 6) is -0.631. The van der Waals surface area contributed by atoms with Gasteiger partial charge >= 0.3 is 6.03 Å². The van der Waals surface area contributed by atoms with E-state index in [0.717, 1.165) is 29.7 Å². The number of carbonyl (C=O) groups excluding carboxylic acids is 3. The average molecular weight is 396 g/mol. The Labute approximate surface area is 168 Å². The van der Waals surface area contributed by atoms with Crippen LogP contribution in [0.3, 0.4) is 0 Å². The molecule has 0 radical (unpaired) electrons. The minimum Gasteiger partial charge on any atom is -0.323 e. The maximum atomic E-state index is 12.9. The molecule has 1 spiro atoms. The summed E-state index contributed by atoms with van der Waals surface area (Å²) in [4.78, 5) is 42.8. The van der Waals surface area contributed by atoms with Gasteiger partial charge in [-0.05, 0) is 24.3 Å². The van der Waals surface area contributed by atoms with E-state index in [-0.39, 0.29) is 24.3 Å². The number of rotatable bonds is 5. The molecule has 2 fully saturated rings. The molecule has 0 unspecified atom stereocenters. The molecule has 9 heteroatoms. The molecule has 2 N–H and O–H groups in total. The van der Waals surface area contributed by atoms with Gasteiger partial charge in [-0.1, -0.05) is 50.1 Å². The highest BCUT2D eigenvalue weighted by Crippen LogP contribution is 2.38. The van der Waals surface area contributed by atoms with Gasteiger partial charge in [0.15, 0.2) is 0 Å². The van der Waals surface area contributed by atoms with E-state index in [1.807, 2.05) is 37.3 Å². The van der Waals surface area contributed by atoms with Gasteiger partial charge in [0, 0.05) is 0 Å². The number of amides is 4. The van der Waals surface area contributed by atoms with E-state index >= 15 is 0 Å². The Kier molecular flexibility index (Phi) is 5.04. The smallest absolute Gasteiger partial charge is 0.323 e. The van der Waals surface area contributed by atoms with Crippen molar-refractivity contribution >= 4 is 23.8 Å². The van der Waals surface area contributed by atoms with Crippen LogP contribution in [0.25, 0.3) is 0 Å². The molecule has 1 saturated carbocycles. The minimum absolute atomic E-state index is 0.0520. The van der Waals surface area contributed by atoms with Gasteiger partial charge in [0.05, 0.1) is 6.54 Å². The Morgan fingerprint density at radius 3 is 2.83 bits per heavy atom. The second-order valence-electron chi connectivity index (χ2n) is 7.74. The number of imide groups is 1. The molecule has 2 aliphatic rings. The van der Waals surface area contributed by atoms with Crippen molar-refractivity contribution in [3.63, 3.8) is 0 Å². The summed E-state index contributed by atoms with van der Waals surface area (Å²) < 4.78 is 1.61. The predicted octanol–water partition coefficient (Wildman–Crippen LogP) is 1.77. The van der Waals surface area contributed by atoms with E-state index in [2.05, 4.69) is 20.7 Å². The quantitative estimate of drug-likeness (QED) is 0.749. The van der Waals surface area contributed by atoms with E-state index in [1.54, 1.807) is 4.68 Å². The number of anilines is 1. The lowest BCUT2D eigenvalue weighted by atomic mass is 9.73. The molecular formula is C20H24N6O3. The van der Waals surface area contributed by atoms with Crippen LogP contribution in [0.1, 0.15) is 38.2 Å². The van der Waals surface area contributed by atoms with E-state index in [9.17, 15) is 14.4 Å². The first-order chi connectivity index (χ1) is 14.0. The lowest BCUT2D eigenvalue weighted by Crippen LogP contribution is -2.54. The highest BCUT2D eigenvalue weighted by atomic mass is 16.2. The molecule has 4 amide bonds. The zero-order chi connectivity index (χ0) is 20.4. The number of aromatic nitrogens is 3. The molecule has 1 saturated heterocycles. The van der Waals surface area contributed by atoms with Crippen LogP contribution in [-0.2, 0) is 16.1 Å². The zero-order valence-corrected chi connectivity index (χ0v) is 16.3. The number of nitrogens with one attached hydrogen (secondary N) is 2.